The third kappa shape index (κ3) is 4.13. The van der Waals surface area contributed by atoms with Crippen molar-refractivity contribution in [3.8, 4) is 0 Å². The normalized spacial score (nSPS) is 9.62. The van der Waals surface area contributed by atoms with Crippen LogP contribution < -0.4 is 5.32 Å². The van der Waals surface area contributed by atoms with Crippen LogP contribution in [0.5, 0.6) is 0 Å². The van der Waals surface area contributed by atoms with E-state index in [1.807, 2.05) is 31.2 Å². The average molecular weight is 221 g/mol. The third-order valence-corrected chi connectivity index (χ3v) is 2.10. The molecular formula is C12H15NO3. The lowest BCUT2D eigenvalue weighted by Gasteiger charge is -2.04. The molecular weight excluding hydrogens is 206 g/mol. The molecule has 0 aromatic heterocycles. The van der Waals surface area contributed by atoms with E-state index in [-0.39, 0.29) is 18.9 Å². The summed E-state index contributed by atoms with van der Waals surface area (Å²) in [7, 11) is 1.29. The smallest absolute Gasteiger partial charge is 0.325 e. The fourth-order valence-electron chi connectivity index (χ4n) is 1.31. The van der Waals surface area contributed by atoms with Gasteiger partial charge < -0.3 is 10.1 Å². The topological polar surface area (TPSA) is 55.4 Å². The first-order chi connectivity index (χ1) is 7.61. The molecule has 0 aliphatic heterocycles. The van der Waals surface area contributed by atoms with Gasteiger partial charge in [0.25, 0.3) is 0 Å². The van der Waals surface area contributed by atoms with Crippen molar-refractivity contribution in [2.75, 3.05) is 13.7 Å². The van der Waals surface area contributed by atoms with Crippen molar-refractivity contribution in [2.45, 2.75) is 13.3 Å². The van der Waals surface area contributed by atoms with E-state index < -0.39 is 5.97 Å². The van der Waals surface area contributed by atoms with Crippen molar-refractivity contribution in [2.24, 2.45) is 0 Å². The number of carbonyl (C=O) groups excluding carboxylic acids is 2. The first-order valence-electron chi connectivity index (χ1n) is 5.01. The molecule has 1 amide bonds. The number of nitrogens with one attached hydrogen (secondary N) is 1. The number of rotatable bonds is 4. The Hall–Kier alpha value is -1.84. The molecule has 16 heavy (non-hydrogen) atoms. The van der Waals surface area contributed by atoms with E-state index in [4.69, 9.17) is 0 Å². The molecule has 0 atom stereocenters. The Morgan fingerprint density at radius 3 is 2.75 bits per heavy atom. The van der Waals surface area contributed by atoms with Crippen molar-refractivity contribution < 1.29 is 14.3 Å². The number of ether oxygens (including phenoxy) is 1. The highest BCUT2D eigenvalue weighted by atomic mass is 16.5. The number of esters is 1. The maximum Gasteiger partial charge on any atom is 0.325 e. The van der Waals surface area contributed by atoms with Crippen LogP contribution in [0.25, 0.3) is 0 Å². The summed E-state index contributed by atoms with van der Waals surface area (Å²) >= 11 is 0. The summed E-state index contributed by atoms with van der Waals surface area (Å²) in [6.07, 6.45) is 0.276. The minimum absolute atomic E-state index is 0.0822. The van der Waals surface area contributed by atoms with Gasteiger partial charge in [-0.1, -0.05) is 29.8 Å². The molecule has 1 N–H and O–H groups in total. The number of carbonyl (C=O) groups is 2. The van der Waals surface area contributed by atoms with Gasteiger partial charge in [0.15, 0.2) is 0 Å². The molecule has 0 heterocycles. The monoisotopic (exact) mass is 221 g/mol. The summed E-state index contributed by atoms with van der Waals surface area (Å²) in [5.41, 5.74) is 2.04. The van der Waals surface area contributed by atoms with Gasteiger partial charge in [-0.15, -0.1) is 0 Å². The summed E-state index contributed by atoms with van der Waals surface area (Å²) in [6, 6.07) is 7.69. The number of aryl methyl sites for hydroxylation is 1. The maximum atomic E-state index is 11.4. The predicted molar refractivity (Wildman–Crippen MR) is 59.9 cm³/mol. The number of hydrogen-bond acceptors (Lipinski definition) is 3. The zero-order valence-electron chi connectivity index (χ0n) is 9.45. The Bertz CT molecular complexity index is 388. The molecule has 4 heteroatoms. The molecule has 1 rings (SSSR count). The highest BCUT2D eigenvalue weighted by molar-refractivity contribution is 5.83. The van der Waals surface area contributed by atoms with Crippen molar-refractivity contribution in [3.05, 3.63) is 35.4 Å². The van der Waals surface area contributed by atoms with Gasteiger partial charge in [0.1, 0.15) is 6.54 Å². The first-order valence-corrected chi connectivity index (χ1v) is 5.01. The second-order valence-corrected chi connectivity index (χ2v) is 3.52. The zero-order chi connectivity index (χ0) is 12.0. The van der Waals surface area contributed by atoms with Gasteiger partial charge in [0.2, 0.25) is 5.91 Å². The third-order valence-electron chi connectivity index (χ3n) is 2.10. The Morgan fingerprint density at radius 1 is 1.38 bits per heavy atom. The number of methoxy groups -OCH3 is 1. The van der Waals surface area contributed by atoms with Crippen molar-refractivity contribution >= 4 is 11.9 Å². The lowest BCUT2D eigenvalue weighted by Crippen LogP contribution is -2.31. The molecule has 1 aromatic rings. The van der Waals surface area contributed by atoms with Crippen LogP contribution >= 0.6 is 0 Å². The second kappa shape index (κ2) is 5.90. The van der Waals surface area contributed by atoms with Crippen molar-refractivity contribution in [1.29, 1.82) is 0 Å². The standard InChI is InChI=1S/C12H15NO3/c1-9-4-3-5-10(6-9)7-11(14)13-8-12(15)16-2/h3-6H,7-8H2,1-2H3,(H,13,14). The molecule has 0 unspecified atom stereocenters. The van der Waals surface area contributed by atoms with Gasteiger partial charge in [-0.2, -0.15) is 0 Å². The van der Waals surface area contributed by atoms with Gasteiger partial charge in [-0.25, -0.2) is 0 Å². The average Bonchev–Trinajstić information content (AvgIpc) is 2.26. The molecule has 0 fully saturated rings. The van der Waals surface area contributed by atoms with Crippen molar-refractivity contribution in [3.63, 3.8) is 0 Å². The molecule has 0 radical (unpaired) electrons. The first kappa shape index (κ1) is 12.2. The number of benzene rings is 1. The lowest BCUT2D eigenvalue weighted by atomic mass is 10.1. The van der Waals surface area contributed by atoms with Crippen LogP contribution in [-0.2, 0) is 20.7 Å². The molecule has 0 bridgehead atoms. The lowest BCUT2D eigenvalue weighted by molar-refractivity contribution is -0.141. The molecule has 4 nitrogen and oxygen atoms in total. The van der Waals surface area contributed by atoms with Crippen LogP contribution in [0, 0.1) is 6.92 Å². The summed E-state index contributed by atoms with van der Waals surface area (Å²) < 4.78 is 4.42. The Labute approximate surface area is 94.6 Å². The fraction of sp³-hybridized carbons (Fsp3) is 0.333. The highest BCUT2D eigenvalue weighted by Crippen LogP contribution is 2.04. The van der Waals surface area contributed by atoms with Gasteiger partial charge in [-0.3, -0.25) is 9.59 Å². The van der Waals surface area contributed by atoms with Crippen LogP contribution in [0.2, 0.25) is 0 Å². The van der Waals surface area contributed by atoms with Gasteiger partial charge in [0, 0.05) is 0 Å². The van der Waals surface area contributed by atoms with E-state index >= 15 is 0 Å². The van der Waals surface area contributed by atoms with E-state index in [9.17, 15) is 9.59 Å². The Morgan fingerprint density at radius 2 is 2.12 bits per heavy atom. The highest BCUT2D eigenvalue weighted by Gasteiger charge is 2.06. The maximum absolute atomic E-state index is 11.4. The largest absolute Gasteiger partial charge is 0.468 e. The molecule has 0 spiro atoms. The Balaban J connectivity index is 2.43. The van der Waals surface area contributed by atoms with Crippen molar-refractivity contribution in [1.82, 2.24) is 5.32 Å². The summed E-state index contributed by atoms with van der Waals surface area (Å²) in [5.74, 6) is -0.631. The quantitative estimate of drug-likeness (QED) is 0.766. The number of amides is 1. The van der Waals surface area contributed by atoms with E-state index in [1.165, 1.54) is 7.11 Å². The van der Waals surface area contributed by atoms with Crippen LogP contribution in [0.4, 0.5) is 0 Å². The molecule has 0 saturated heterocycles. The van der Waals surface area contributed by atoms with E-state index in [0.29, 0.717) is 0 Å². The Kier molecular flexibility index (Phi) is 4.51. The van der Waals surface area contributed by atoms with E-state index in [2.05, 4.69) is 10.1 Å². The zero-order valence-corrected chi connectivity index (χ0v) is 9.45. The van der Waals surface area contributed by atoms with Crippen LogP contribution in [0.1, 0.15) is 11.1 Å². The van der Waals surface area contributed by atoms with E-state index in [1.54, 1.807) is 0 Å². The predicted octanol–water partition coefficient (Wildman–Crippen LogP) is 0.827. The molecule has 0 aliphatic rings. The molecule has 1 aromatic carbocycles. The minimum Gasteiger partial charge on any atom is -0.468 e. The summed E-state index contributed by atoms with van der Waals surface area (Å²) in [4.78, 5) is 22.2. The minimum atomic E-state index is -0.447. The molecule has 0 saturated carbocycles. The second-order valence-electron chi connectivity index (χ2n) is 3.52. The number of hydrogen-bond donors (Lipinski definition) is 1. The van der Waals surface area contributed by atoms with Crippen LogP contribution in [0.15, 0.2) is 24.3 Å². The summed E-state index contributed by atoms with van der Waals surface area (Å²) in [6.45, 7) is 1.89. The van der Waals surface area contributed by atoms with Crippen LogP contribution in [0.3, 0.4) is 0 Å². The van der Waals surface area contributed by atoms with E-state index in [0.717, 1.165) is 11.1 Å². The summed E-state index contributed by atoms with van der Waals surface area (Å²) in [5, 5.41) is 2.49. The van der Waals surface area contributed by atoms with Crippen LogP contribution in [-0.4, -0.2) is 25.5 Å². The molecule has 0 aliphatic carbocycles. The SMILES string of the molecule is COC(=O)CNC(=O)Cc1cccc(C)c1. The van der Waals surface area contributed by atoms with Gasteiger partial charge in [-0.05, 0) is 12.5 Å². The molecule has 86 valence electrons. The fourth-order valence-corrected chi connectivity index (χ4v) is 1.31. The van der Waals surface area contributed by atoms with Gasteiger partial charge in [0.05, 0.1) is 13.5 Å². The van der Waals surface area contributed by atoms with Gasteiger partial charge >= 0.3 is 5.97 Å².